The van der Waals surface area contributed by atoms with Gasteiger partial charge < -0.3 is 5.32 Å². The second-order valence-electron chi connectivity index (χ2n) is 5.68. The molecule has 21 heavy (non-hydrogen) atoms. The van der Waals surface area contributed by atoms with E-state index in [4.69, 9.17) is 0 Å². The number of halogens is 2. The van der Waals surface area contributed by atoms with Gasteiger partial charge in [0, 0.05) is 22.0 Å². The number of carbonyl (C=O) groups is 1. The van der Waals surface area contributed by atoms with Gasteiger partial charge in [-0.1, -0.05) is 36.7 Å². The van der Waals surface area contributed by atoms with Crippen LogP contribution in [0.25, 0.3) is 0 Å². The van der Waals surface area contributed by atoms with E-state index in [2.05, 4.69) is 36.4 Å². The molecule has 0 aliphatic rings. The van der Waals surface area contributed by atoms with Crippen LogP contribution in [-0.4, -0.2) is 21.1 Å². The second kappa shape index (κ2) is 5.93. The molecule has 0 atom stereocenters. The average molecular weight is 355 g/mol. The fraction of sp³-hybridized carbons (Fsp3) is 0.357. The molecule has 1 aromatic carbocycles. The fourth-order valence-corrected chi connectivity index (χ4v) is 2.04. The van der Waals surface area contributed by atoms with Gasteiger partial charge in [0.2, 0.25) is 5.82 Å². The van der Waals surface area contributed by atoms with Crippen LogP contribution in [0.5, 0.6) is 0 Å². The lowest BCUT2D eigenvalue weighted by molar-refractivity contribution is 0.0940. The zero-order valence-electron chi connectivity index (χ0n) is 12.0. The summed E-state index contributed by atoms with van der Waals surface area (Å²) in [6, 6.07) is 4.57. The van der Waals surface area contributed by atoms with E-state index in [-0.39, 0.29) is 23.6 Å². The highest BCUT2D eigenvalue weighted by Gasteiger charge is 2.21. The number of carbonyl (C=O) groups excluding carboxylic acids is 1. The molecular formula is C14H16BrFN4O. The van der Waals surface area contributed by atoms with Gasteiger partial charge in [0.1, 0.15) is 11.6 Å². The number of nitrogens with one attached hydrogen (secondary N) is 2. The molecule has 1 aromatic heterocycles. The Balaban J connectivity index is 2.05. The Labute approximate surface area is 130 Å². The number of H-pyrrole nitrogens is 1. The van der Waals surface area contributed by atoms with E-state index in [1.54, 1.807) is 12.1 Å². The van der Waals surface area contributed by atoms with Crippen LogP contribution >= 0.6 is 15.9 Å². The Morgan fingerprint density at radius 3 is 2.76 bits per heavy atom. The Kier molecular flexibility index (Phi) is 4.41. The van der Waals surface area contributed by atoms with E-state index in [0.717, 1.165) is 4.47 Å². The molecule has 2 rings (SSSR count). The number of aromatic nitrogens is 3. The highest BCUT2D eigenvalue weighted by atomic mass is 79.9. The Morgan fingerprint density at radius 2 is 2.14 bits per heavy atom. The van der Waals surface area contributed by atoms with Gasteiger partial charge >= 0.3 is 0 Å². The van der Waals surface area contributed by atoms with Crippen molar-refractivity contribution < 1.29 is 9.18 Å². The van der Waals surface area contributed by atoms with Crippen molar-refractivity contribution in [3.05, 3.63) is 45.7 Å². The van der Waals surface area contributed by atoms with Gasteiger partial charge in [0.05, 0.1) is 0 Å². The summed E-state index contributed by atoms with van der Waals surface area (Å²) in [5, 5.41) is 9.23. The van der Waals surface area contributed by atoms with Crippen molar-refractivity contribution in [3.63, 3.8) is 0 Å². The number of amides is 1. The minimum atomic E-state index is -0.443. The molecule has 1 heterocycles. The molecule has 0 aliphatic carbocycles. The molecule has 0 aliphatic heterocycles. The smallest absolute Gasteiger partial charge is 0.291 e. The van der Waals surface area contributed by atoms with Crippen LogP contribution in [0.1, 0.15) is 42.8 Å². The molecule has 0 spiro atoms. The van der Waals surface area contributed by atoms with Crippen molar-refractivity contribution in [2.75, 3.05) is 0 Å². The van der Waals surface area contributed by atoms with Gasteiger partial charge in [-0.25, -0.2) is 9.37 Å². The van der Waals surface area contributed by atoms with Crippen LogP contribution in [0.3, 0.4) is 0 Å². The summed E-state index contributed by atoms with van der Waals surface area (Å²) in [7, 11) is 0. The van der Waals surface area contributed by atoms with Gasteiger partial charge in [-0.2, -0.15) is 0 Å². The van der Waals surface area contributed by atoms with E-state index < -0.39 is 5.91 Å². The minimum absolute atomic E-state index is 0.0512. The zero-order chi connectivity index (χ0) is 15.6. The molecule has 0 bridgehead atoms. The zero-order valence-corrected chi connectivity index (χ0v) is 13.6. The molecule has 2 aromatic rings. The van der Waals surface area contributed by atoms with Crippen LogP contribution in [0.4, 0.5) is 4.39 Å². The Morgan fingerprint density at radius 1 is 1.43 bits per heavy atom. The van der Waals surface area contributed by atoms with Crippen molar-refractivity contribution in [1.29, 1.82) is 0 Å². The van der Waals surface area contributed by atoms with Gasteiger partial charge in [0.15, 0.2) is 0 Å². The third-order valence-corrected chi connectivity index (χ3v) is 3.34. The summed E-state index contributed by atoms with van der Waals surface area (Å²) in [5.74, 6) is -0.137. The molecule has 0 saturated heterocycles. The largest absolute Gasteiger partial charge is 0.345 e. The lowest BCUT2D eigenvalue weighted by Gasteiger charge is -2.12. The Hall–Kier alpha value is -1.76. The van der Waals surface area contributed by atoms with E-state index in [9.17, 15) is 9.18 Å². The average Bonchev–Trinajstić information content (AvgIpc) is 2.89. The summed E-state index contributed by atoms with van der Waals surface area (Å²) < 4.78 is 14.3. The normalized spacial score (nSPS) is 11.5. The van der Waals surface area contributed by atoms with E-state index in [1.807, 2.05) is 20.8 Å². The number of hydrogen-bond donors (Lipinski definition) is 2. The standard InChI is InChI=1S/C14H16BrFN4O/c1-14(2,3)13-18-11(19-20-13)12(21)17-7-8-6-9(15)4-5-10(8)16/h4-6H,7H2,1-3H3,(H,17,21)(H,18,19,20). The van der Waals surface area contributed by atoms with Gasteiger partial charge in [0.25, 0.3) is 5.91 Å². The number of nitrogens with zero attached hydrogens (tertiary/aromatic N) is 2. The van der Waals surface area contributed by atoms with E-state index in [1.165, 1.54) is 6.07 Å². The maximum Gasteiger partial charge on any atom is 0.291 e. The molecule has 0 radical (unpaired) electrons. The van der Waals surface area contributed by atoms with Crippen molar-refractivity contribution in [2.45, 2.75) is 32.7 Å². The van der Waals surface area contributed by atoms with Crippen molar-refractivity contribution >= 4 is 21.8 Å². The lowest BCUT2D eigenvalue weighted by Crippen LogP contribution is -2.24. The highest BCUT2D eigenvalue weighted by Crippen LogP contribution is 2.17. The van der Waals surface area contributed by atoms with Gasteiger partial charge in [-0.15, -0.1) is 5.10 Å². The van der Waals surface area contributed by atoms with E-state index >= 15 is 0 Å². The summed E-state index contributed by atoms with van der Waals surface area (Å²) >= 11 is 3.26. The third kappa shape index (κ3) is 3.87. The molecule has 7 heteroatoms. The first-order chi connectivity index (χ1) is 9.77. The maximum atomic E-state index is 13.6. The van der Waals surface area contributed by atoms with Crippen LogP contribution in [0.15, 0.2) is 22.7 Å². The van der Waals surface area contributed by atoms with Crippen molar-refractivity contribution in [1.82, 2.24) is 20.5 Å². The van der Waals surface area contributed by atoms with Crippen LogP contribution in [-0.2, 0) is 12.0 Å². The third-order valence-electron chi connectivity index (χ3n) is 2.85. The highest BCUT2D eigenvalue weighted by molar-refractivity contribution is 9.10. The number of aromatic amines is 1. The molecule has 0 fully saturated rings. The summed E-state index contributed by atoms with van der Waals surface area (Å²) in [6.07, 6.45) is 0. The summed E-state index contributed by atoms with van der Waals surface area (Å²) in [4.78, 5) is 16.1. The predicted molar refractivity (Wildman–Crippen MR) is 80.4 cm³/mol. The molecule has 112 valence electrons. The monoisotopic (exact) mass is 354 g/mol. The first kappa shape index (κ1) is 15.6. The molecule has 5 nitrogen and oxygen atoms in total. The molecular weight excluding hydrogens is 339 g/mol. The predicted octanol–water partition coefficient (Wildman–Crippen LogP) is 2.93. The summed E-state index contributed by atoms with van der Waals surface area (Å²) in [5.41, 5.74) is 0.173. The maximum absolute atomic E-state index is 13.6. The second-order valence-corrected chi connectivity index (χ2v) is 6.59. The number of rotatable bonds is 3. The van der Waals surface area contributed by atoms with Crippen LogP contribution < -0.4 is 5.32 Å². The topological polar surface area (TPSA) is 70.7 Å². The van der Waals surface area contributed by atoms with E-state index in [0.29, 0.717) is 11.4 Å². The lowest BCUT2D eigenvalue weighted by atomic mass is 9.96. The van der Waals surface area contributed by atoms with Gasteiger partial charge in [-0.3, -0.25) is 9.89 Å². The fourth-order valence-electron chi connectivity index (χ4n) is 1.63. The molecule has 2 N–H and O–H groups in total. The minimum Gasteiger partial charge on any atom is -0.345 e. The summed E-state index contributed by atoms with van der Waals surface area (Å²) in [6.45, 7) is 5.97. The van der Waals surface area contributed by atoms with Crippen molar-refractivity contribution in [2.24, 2.45) is 0 Å². The SMILES string of the molecule is CC(C)(C)c1nc(C(=O)NCc2cc(Br)ccc2F)n[nH]1. The number of benzene rings is 1. The first-order valence-corrected chi connectivity index (χ1v) is 7.21. The number of hydrogen-bond acceptors (Lipinski definition) is 3. The molecule has 1 amide bonds. The van der Waals surface area contributed by atoms with Crippen LogP contribution in [0, 0.1) is 5.82 Å². The van der Waals surface area contributed by atoms with Crippen molar-refractivity contribution in [3.8, 4) is 0 Å². The first-order valence-electron chi connectivity index (χ1n) is 6.42. The van der Waals surface area contributed by atoms with Gasteiger partial charge in [-0.05, 0) is 18.2 Å². The van der Waals surface area contributed by atoms with Crippen LogP contribution in [0.2, 0.25) is 0 Å². The molecule has 0 saturated carbocycles. The Bertz CT molecular complexity index is 663. The molecule has 0 unspecified atom stereocenters. The quantitative estimate of drug-likeness (QED) is 0.889.